The fraction of sp³-hybridized carbons (Fsp3) is 0.556. The van der Waals surface area contributed by atoms with Crippen LogP contribution in [0.15, 0.2) is 18.2 Å². The Labute approximate surface area is 158 Å². The molecule has 2 rings (SSSR count). The number of nitrogens with one attached hydrogen (secondary N) is 2. The Kier molecular flexibility index (Phi) is 8.28. The smallest absolute Gasteiger partial charge is 0.237 e. The van der Waals surface area contributed by atoms with E-state index in [1.807, 2.05) is 11.8 Å². The Morgan fingerprint density at radius 2 is 2.31 bits per heavy atom. The van der Waals surface area contributed by atoms with Gasteiger partial charge in [0.15, 0.2) is 0 Å². The maximum atomic E-state index is 13.2. The van der Waals surface area contributed by atoms with Crippen molar-refractivity contribution in [1.82, 2.24) is 15.5 Å². The number of nitrogens with zero attached hydrogens (tertiary/aromatic N) is 1. The van der Waals surface area contributed by atoms with Crippen LogP contribution in [0, 0.1) is 5.82 Å². The molecule has 6 nitrogen and oxygen atoms in total. The van der Waals surface area contributed by atoms with Gasteiger partial charge < -0.3 is 15.4 Å². The molecule has 1 aliphatic rings. The third-order valence-electron chi connectivity index (χ3n) is 4.20. The highest BCUT2D eigenvalue weighted by atomic mass is 35.5. The second-order valence-corrected chi connectivity index (χ2v) is 6.52. The highest BCUT2D eigenvalue weighted by Gasteiger charge is 2.31. The zero-order chi connectivity index (χ0) is 18.9. The zero-order valence-corrected chi connectivity index (χ0v) is 15.7. The first kappa shape index (κ1) is 20.6. The zero-order valence-electron chi connectivity index (χ0n) is 14.9. The predicted octanol–water partition coefficient (Wildman–Crippen LogP) is 1.71. The summed E-state index contributed by atoms with van der Waals surface area (Å²) in [5.74, 6) is -0.768. The fourth-order valence-corrected chi connectivity index (χ4v) is 3.06. The van der Waals surface area contributed by atoms with Crippen molar-refractivity contribution in [2.75, 3.05) is 32.8 Å². The number of carbonyl (C=O) groups is 2. The van der Waals surface area contributed by atoms with Gasteiger partial charge in [0.25, 0.3) is 0 Å². The van der Waals surface area contributed by atoms with Crippen molar-refractivity contribution in [3.63, 3.8) is 0 Å². The first-order valence-corrected chi connectivity index (χ1v) is 9.19. The minimum absolute atomic E-state index is 0.0687. The van der Waals surface area contributed by atoms with Crippen molar-refractivity contribution in [1.29, 1.82) is 0 Å². The number of hydrogen-bond donors (Lipinski definition) is 2. The van der Waals surface area contributed by atoms with E-state index in [1.165, 1.54) is 12.1 Å². The molecule has 1 fully saturated rings. The van der Waals surface area contributed by atoms with E-state index in [1.54, 1.807) is 6.07 Å². The van der Waals surface area contributed by atoms with Gasteiger partial charge in [-0.2, -0.15) is 0 Å². The maximum absolute atomic E-state index is 13.2. The normalized spacial score (nSPS) is 17.8. The van der Waals surface area contributed by atoms with Crippen LogP contribution >= 0.6 is 11.6 Å². The molecule has 1 aromatic carbocycles. The van der Waals surface area contributed by atoms with Gasteiger partial charge in [-0.05, 0) is 31.0 Å². The van der Waals surface area contributed by atoms with Gasteiger partial charge in [-0.3, -0.25) is 14.5 Å². The van der Waals surface area contributed by atoms with E-state index in [9.17, 15) is 14.0 Å². The summed E-state index contributed by atoms with van der Waals surface area (Å²) in [4.78, 5) is 26.3. The molecule has 0 aromatic heterocycles. The van der Waals surface area contributed by atoms with E-state index in [2.05, 4.69) is 10.6 Å². The van der Waals surface area contributed by atoms with Gasteiger partial charge in [-0.25, -0.2) is 4.39 Å². The molecule has 1 unspecified atom stereocenters. The highest BCUT2D eigenvalue weighted by Crippen LogP contribution is 2.21. The van der Waals surface area contributed by atoms with Crippen LogP contribution < -0.4 is 10.6 Å². The van der Waals surface area contributed by atoms with Crippen molar-refractivity contribution in [3.05, 3.63) is 34.6 Å². The summed E-state index contributed by atoms with van der Waals surface area (Å²) < 4.78 is 18.4. The van der Waals surface area contributed by atoms with Crippen LogP contribution in [0.3, 0.4) is 0 Å². The summed E-state index contributed by atoms with van der Waals surface area (Å²) in [7, 11) is 0. The van der Waals surface area contributed by atoms with Gasteiger partial charge in [-0.1, -0.05) is 17.7 Å². The molecule has 8 heteroatoms. The number of benzene rings is 1. The quantitative estimate of drug-likeness (QED) is 0.635. The third kappa shape index (κ3) is 6.23. The lowest BCUT2D eigenvalue weighted by Crippen LogP contribution is -2.56. The number of piperazine rings is 1. The Morgan fingerprint density at radius 1 is 1.50 bits per heavy atom. The molecule has 2 N–H and O–H groups in total. The molecule has 1 aromatic rings. The SMILES string of the molecule is CCOCCCNC(=O)CC1C(=O)NCCN1Cc1ccc(F)cc1Cl. The number of rotatable bonds is 9. The molecule has 0 radical (unpaired) electrons. The van der Waals surface area contributed by atoms with Crippen LogP contribution in [0.1, 0.15) is 25.3 Å². The summed E-state index contributed by atoms with van der Waals surface area (Å²) in [6.45, 7) is 5.16. The van der Waals surface area contributed by atoms with Gasteiger partial charge in [0.2, 0.25) is 11.8 Å². The number of ether oxygens (including phenoxy) is 1. The molecular formula is C18H25ClFN3O3. The van der Waals surface area contributed by atoms with Crippen molar-refractivity contribution >= 4 is 23.4 Å². The van der Waals surface area contributed by atoms with Crippen LogP contribution in [0.5, 0.6) is 0 Å². The predicted molar refractivity (Wildman–Crippen MR) is 97.4 cm³/mol. The van der Waals surface area contributed by atoms with Gasteiger partial charge in [-0.15, -0.1) is 0 Å². The molecule has 1 aliphatic heterocycles. The summed E-state index contributed by atoms with van der Waals surface area (Å²) in [6.07, 6.45) is 0.796. The average Bonchev–Trinajstić information content (AvgIpc) is 2.60. The summed E-state index contributed by atoms with van der Waals surface area (Å²) in [5.41, 5.74) is 0.727. The monoisotopic (exact) mass is 385 g/mol. The Hall–Kier alpha value is -1.70. The molecule has 0 bridgehead atoms. The minimum atomic E-state index is -0.572. The van der Waals surface area contributed by atoms with Gasteiger partial charge in [0, 0.05) is 44.4 Å². The average molecular weight is 386 g/mol. The van der Waals surface area contributed by atoms with E-state index in [-0.39, 0.29) is 18.2 Å². The van der Waals surface area contributed by atoms with Crippen LogP contribution in [0.25, 0.3) is 0 Å². The van der Waals surface area contributed by atoms with Crippen LogP contribution in [-0.4, -0.2) is 55.6 Å². The van der Waals surface area contributed by atoms with E-state index in [0.29, 0.717) is 44.4 Å². The summed E-state index contributed by atoms with van der Waals surface area (Å²) in [5, 5.41) is 5.91. The molecule has 0 saturated carbocycles. The van der Waals surface area contributed by atoms with Gasteiger partial charge >= 0.3 is 0 Å². The molecule has 1 saturated heterocycles. The molecular weight excluding hydrogens is 361 g/mol. The van der Waals surface area contributed by atoms with Crippen molar-refractivity contribution in [3.8, 4) is 0 Å². The molecule has 1 atom stereocenters. The molecule has 144 valence electrons. The Morgan fingerprint density at radius 3 is 3.04 bits per heavy atom. The third-order valence-corrected chi connectivity index (χ3v) is 4.55. The number of halogens is 2. The van der Waals surface area contributed by atoms with Crippen LogP contribution in [0.2, 0.25) is 5.02 Å². The van der Waals surface area contributed by atoms with Crippen molar-refractivity contribution < 1.29 is 18.7 Å². The summed E-state index contributed by atoms with van der Waals surface area (Å²) in [6, 6.07) is 3.62. The lowest BCUT2D eigenvalue weighted by Gasteiger charge is -2.34. The molecule has 1 heterocycles. The Bertz CT molecular complexity index is 630. The minimum Gasteiger partial charge on any atom is -0.382 e. The topological polar surface area (TPSA) is 70.7 Å². The van der Waals surface area contributed by atoms with E-state index >= 15 is 0 Å². The lowest BCUT2D eigenvalue weighted by molar-refractivity contribution is -0.134. The fourth-order valence-electron chi connectivity index (χ4n) is 2.84. The van der Waals surface area contributed by atoms with Crippen molar-refractivity contribution in [2.45, 2.75) is 32.4 Å². The molecule has 26 heavy (non-hydrogen) atoms. The van der Waals surface area contributed by atoms with Crippen molar-refractivity contribution in [2.24, 2.45) is 0 Å². The molecule has 0 spiro atoms. The van der Waals surface area contributed by atoms with Gasteiger partial charge in [0.05, 0.1) is 12.5 Å². The standard InChI is InChI=1S/C18H25ClFN3O3/c1-2-26-9-3-6-21-17(24)11-16-18(25)22-7-8-23(16)12-13-4-5-14(20)10-15(13)19/h4-5,10,16H,2-3,6-9,11-12H2,1H3,(H,21,24)(H,22,25). The maximum Gasteiger partial charge on any atom is 0.237 e. The van der Waals surface area contributed by atoms with Crippen LogP contribution in [-0.2, 0) is 20.9 Å². The van der Waals surface area contributed by atoms with E-state index in [0.717, 1.165) is 12.0 Å². The van der Waals surface area contributed by atoms with E-state index in [4.69, 9.17) is 16.3 Å². The molecule has 0 aliphatic carbocycles. The lowest BCUT2D eigenvalue weighted by atomic mass is 10.1. The van der Waals surface area contributed by atoms with Crippen LogP contribution in [0.4, 0.5) is 4.39 Å². The van der Waals surface area contributed by atoms with Gasteiger partial charge in [0.1, 0.15) is 5.82 Å². The summed E-state index contributed by atoms with van der Waals surface area (Å²) >= 11 is 6.09. The largest absolute Gasteiger partial charge is 0.382 e. The number of hydrogen-bond acceptors (Lipinski definition) is 4. The first-order valence-electron chi connectivity index (χ1n) is 8.81. The second kappa shape index (κ2) is 10.4. The first-order chi connectivity index (χ1) is 12.5. The number of amides is 2. The highest BCUT2D eigenvalue weighted by molar-refractivity contribution is 6.31. The molecule has 2 amide bonds. The number of carbonyl (C=O) groups excluding carboxylic acids is 2. The Balaban J connectivity index is 1.92. The van der Waals surface area contributed by atoms with E-state index < -0.39 is 11.9 Å². The second-order valence-electron chi connectivity index (χ2n) is 6.12.